The monoisotopic (exact) mass is 436 g/mol. The molecule has 0 saturated heterocycles. The largest absolute Gasteiger partial charge is 0.468 e. The van der Waals surface area contributed by atoms with E-state index < -0.39 is 0 Å². The van der Waals surface area contributed by atoms with Crippen LogP contribution in [0.5, 0.6) is 0 Å². The molecule has 1 saturated carbocycles. The zero-order valence-corrected chi connectivity index (χ0v) is 20.6. The summed E-state index contributed by atoms with van der Waals surface area (Å²) in [6.07, 6.45) is 6.52. The van der Waals surface area contributed by atoms with Gasteiger partial charge < -0.3 is 20.2 Å². The summed E-state index contributed by atoms with van der Waals surface area (Å²) in [6.45, 7) is 11.4. The summed E-state index contributed by atoms with van der Waals surface area (Å²) in [5.74, 6) is 7.35. The lowest BCUT2D eigenvalue weighted by molar-refractivity contribution is -0.128. The molecular formula is C24H44N4O3. The fourth-order valence-electron chi connectivity index (χ4n) is 3.82. The van der Waals surface area contributed by atoms with Crippen LogP contribution in [0.2, 0.25) is 0 Å². The van der Waals surface area contributed by atoms with Crippen molar-refractivity contribution in [1.82, 2.24) is 9.99 Å². The predicted molar refractivity (Wildman–Crippen MR) is 128 cm³/mol. The van der Waals surface area contributed by atoms with Crippen LogP contribution in [0.15, 0.2) is 17.8 Å². The molecule has 7 nitrogen and oxygen atoms in total. The van der Waals surface area contributed by atoms with Crippen molar-refractivity contribution in [3.8, 4) is 0 Å². The summed E-state index contributed by atoms with van der Waals surface area (Å²) >= 11 is 0. The summed E-state index contributed by atoms with van der Waals surface area (Å²) < 4.78 is 9.35. The number of ether oxygens (including phenoxy) is 2. The number of nitrogens with two attached hydrogens (primary N) is 2. The van der Waals surface area contributed by atoms with Crippen molar-refractivity contribution in [2.75, 3.05) is 27.4 Å². The Balaban J connectivity index is 0.00000113. The summed E-state index contributed by atoms with van der Waals surface area (Å²) in [5, 5.41) is 1.50. The highest BCUT2D eigenvalue weighted by molar-refractivity contribution is 5.63. The average Bonchev–Trinajstić information content (AvgIpc) is 2.79. The van der Waals surface area contributed by atoms with Crippen LogP contribution in [-0.2, 0) is 14.3 Å². The smallest absolute Gasteiger partial charge is 0.293 e. The zero-order chi connectivity index (χ0) is 23.8. The Labute approximate surface area is 189 Å². The van der Waals surface area contributed by atoms with Crippen LogP contribution in [0.4, 0.5) is 0 Å². The minimum Gasteiger partial charge on any atom is -0.468 e. The van der Waals surface area contributed by atoms with Gasteiger partial charge in [0.1, 0.15) is 0 Å². The second kappa shape index (κ2) is 16.6. The molecule has 1 aromatic heterocycles. The number of pyridine rings is 1. The fraction of sp³-hybridized carbons (Fsp3) is 0.667. The van der Waals surface area contributed by atoms with Crippen molar-refractivity contribution < 1.29 is 14.3 Å². The lowest BCUT2D eigenvalue weighted by atomic mass is 9.76. The highest BCUT2D eigenvalue weighted by Gasteiger charge is 2.24. The Morgan fingerprint density at radius 1 is 1.29 bits per heavy atom. The number of nitrogens with zero attached hydrogens (tertiary/aromatic N) is 2. The van der Waals surface area contributed by atoms with Crippen LogP contribution in [0.25, 0.3) is 5.70 Å². The van der Waals surface area contributed by atoms with E-state index in [2.05, 4.69) is 24.7 Å². The molecule has 2 unspecified atom stereocenters. The van der Waals surface area contributed by atoms with Gasteiger partial charge in [0.15, 0.2) is 0 Å². The lowest BCUT2D eigenvalue weighted by Crippen LogP contribution is -2.30. The summed E-state index contributed by atoms with van der Waals surface area (Å²) in [4.78, 5) is 13.9. The molecular weight excluding hydrogens is 392 g/mol. The van der Waals surface area contributed by atoms with Crippen LogP contribution in [0, 0.1) is 12.8 Å². The molecule has 31 heavy (non-hydrogen) atoms. The maximum atomic E-state index is 9.18. The number of aryl methyl sites for hydroxylation is 1. The van der Waals surface area contributed by atoms with Gasteiger partial charge in [0.25, 0.3) is 6.47 Å². The van der Waals surface area contributed by atoms with Gasteiger partial charge in [0, 0.05) is 19.9 Å². The molecule has 2 rings (SSSR count). The number of carbonyl (C=O) groups excluding carboxylic acids is 1. The highest BCUT2D eigenvalue weighted by atomic mass is 16.5. The molecule has 1 aliphatic rings. The van der Waals surface area contributed by atoms with Crippen molar-refractivity contribution >= 4 is 12.2 Å². The normalized spacial score (nSPS) is 18.5. The minimum absolute atomic E-state index is 0.363. The maximum Gasteiger partial charge on any atom is 0.293 e. The number of hydrogen-bond acceptors (Lipinski definition) is 7. The molecule has 0 bridgehead atoms. The summed E-state index contributed by atoms with van der Waals surface area (Å²) in [5.41, 5.74) is 10.8. The van der Waals surface area contributed by atoms with Gasteiger partial charge in [0.05, 0.1) is 30.3 Å². The van der Waals surface area contributed by atoms with E-state index in [1.807, 2.05) is 19.9 Å². The molecule has 1 fully saturated rings. The second-order valence-corrected chi connectivity index (χ2v) is 7.46. The molecule has 1 aromatic rings. The molecule has 0 aromatic carbocycles. The first-order chi connectivity index (χ1) is 14.9. The van der Waals surface area contributed by atoms with E-state index >= 15 is 0 Å². The van der Waals surface area contributed by atoms with E-state index in [1.54, 1.807) is 21.1 Å². The van der Waals surface area contributed by atoms with Crippen LogP contribution in [0.3, 0.4) is 0 Å². The van der Waals surface area contributed by atoms with E-state index in [9.17, 15) is 4.79 Å². The average molecular weight is 437 g/mol. The second-order valence-electron chi connectivity index (χ2n) is 7.46. The number of likely N-dealkylation sites (N-methyl/N-ethyl adjacent to an activating group) is 1. The van der Waals surface area contributed by atoms with Crippen LogP contribution in [0.1, 0.15) is 82.7 Å². The Kier molecular flexibility index (Phi) is 15.4. The maximum absolute atomic E-state index is 9.18. The van der Waals surface area contributed by atoms with E-state index in [0.29, 0.717) is 31.3 Å². The van der Waals surface area contributed by atoms with E-state index in [0.717, 1.165) is 23.0 Å². The van der Waals surface area contributed by atoms with Gasteiger partial charge in [-0.1, -0.05) is 46.1 Å². The molecule has 4 N–H and O–H groups in total. The standard InChI is InChI=1S/C19H32N4O.C3H6O2.C2H6/c1-5-14-7-6-8-15(11-14)16-9-10-17(22-13(16)2)19(20)18(12-24-4)23(3)21;1-2-5-3-4;1-2/h9-10,14-15H,5-8,11-12,20-21H2,1-4H3;3H,2H2,1H3;1-2H3/b19-18-;;. The summed E-state index contributed by atoms with van der Waals surface area (Å²) in [6, 6.07) is 4.22. The van der Waals surface area contributed by atoms with Crippen LogP contribution in [-0.4, -0.2) is 43.8 Å². The Hall–Kier alpha value is -2.12. The van der Waals surface area contributed by atoms with Gasteiger partial charge in [0.2, 0.25) is 0 Å². The van der Waals surface area contributed by atoms with E-state index in [4.69, 9.17) is 21.3 Å². The Morgan fingerprint density at radius 3 is 2.42 bits per heavy atom. The third-order valence-corrected chi connectivity index (χ3v) is 5.46. The van der Waals surface area contributed by atoms with Crippen molar-refractivity contribution in [3.05, 3.63) is 34.8 Å². The van der Waals surface area contributed by atoms with Crippen molar-refractivity contribution in [3.63, 3.8) is 0 Å². The molecule has 0 spiro atoms. The fourth-order valence-corrected chi connectivity index (χ4v) is 3.82. The predicted octanol–water partition coefficient (Wildman–Crippen LogP) is 4.36. The van der Waals surface area contributed by atoms with Gasteiger partial charge in [-0.2, -0.15) is 0 Å². The number of carbonyl (C=O) groups is 1. The van der Waals surface area contributed by atoms with Gasteiger partial charge in [-0.05, 0) is 50.2 Å². The number of rotatable bonds is 8. The first kappa shape index (κ1) is 28.9. The van der Waals surface area contributed by atoms with Crippen molar-refractivity contribution in [2.24, 2.45) is 17.5 Å². The molecule has 1 aliphatic carbocycles. The van der Waals surface area contributed by atoms with Gasteiger partial charge in [-0.25, -0.2) is 5.84 Å². The van der Waals surface area contributed by atoms with E-state index in [1.165, 1.54) is 42.7 Å². The van der Waals surface area contributed by atoms with E-state index in [-0.39, 0.29) is 0 Å². The number of methoxy groups -OCH3 is 1. The molecule has 1 heterocycles. The minimum atomic E-state index is 0.363. The molecule has 0 aliphatic heterocycles. The molecule has 0 radical (unpaired) electrons. The SMILES string of the molecule is CC.CCC1CCCC(c2ccc(/C(N)=C(\COC)N(C)N)nc2C)C1.CCOC=O. The molecule has 0 amide bonds. The Bertz CT molecular complexity index is 662. The van der Waals surface area contributed by atoms with Crippen LogP contribution >= 0.6 is 0 Å². The molecule has 178 valence electrons. The van der Waals surface area contributed by atoms with Crippen molar-refractivity contribution in [1.29, 1.82) is 0 Å². The van der Waals surface area contributed by atoms with Gasteiger partial charge >= 0.3 is 0 Å². The first-order valence-electron chi connectivity index (χ1n) is 11.4. The van der Waals surface area contributed by atoms with Crippen LogP contribution < -0.4 is 11.6 Å². The third-order valence-electron chi connectivity index (χ3n) is 5.46. The number of aromatic nitrogens is 1. The first-order valence-corrected chi connectivity index (χ1v) is 11.4. The number of hydrazine groups is 1. The lowest BCUT2D eigenvalue weighted by Gasteiger charge is -2.29. The van der Waals surface area contributed by atoms with Crippen molar-refractivity contribution in [2.45, 2.75) is 72.6 Å². The Morgan fingerprint density at radius 2 is 1.97 bits per heavy atom. The zero-order valence-electron chi connectivity index (χ0n) is 20.6. The number of hydrogen-bond donors (Lipinski definition) is 2. The molecule has 7 heteroatoms. The highest BCUT2D eigenvalue weighted by Crippen LogP contribution is 2.38. The van der Waals surface area contributed by atoms with Gasteiger partial charge in [-0.15, -0.1) is 0 Å². The van der Waals surface area contributed by atoms with Gasteiger partial charge in [-0.3, -0.25) is 9.78 Å². The molecule has 2 atom stereocenters. The quantitative estimate of drug-likeness (QED) is 0.354. The third kappa shape index (κ3) is 9.70. The summed E-state index contributed by atoms with van der Waals surface area (Å²) in [7, 11) is 3.39. The topological polar surface area (TPSA) is 104 Å².